The zero-order chi connectivity index (χ0) is 15.6. The molecule has 0 spiro atoms. The number of benzene rings is 1. The first-order chi connectivity index (χ1) is 9.03. The number of sulfonamides is 1. The number of aromatic hydroxyl groups is 1. The highest BCUT2D eigenvalue weighted by Gasteiger charge is 2.21. The van der Waals surface area contributed by atoms with E-state index in [0.717, 1.165) is 0 Å². The van der Waals surface area contributed by atoms with Gasteiger partial charge in [-0.25, -0.2) is 13.1 Å². The number of halogens is 2. The van der Waals surface area contributed by atoms with Gasteiger partial charge in [0.1, 0.15) is 4.90 Å². The van der Waals surface area contributed by atoms with Gasteiger partial charge in [0.25, 0.3) is 0 Å². The molecule has 0 unspecified atom stereocenters. The molecule has 0 radical (unpaired) electrons. The van der Waals surface area contributed by atoms with Crippen molar-refractivity contribution in [2.75, 3.05) is 12.3 Å². The Bertz CT molecular complexity index is 583. The van der Waals surface area contributed by atoms with Crippen molar-refractivity contribution < 1.29 is 13.5 Å². The summed E-state index contributed by atoms with van der Waals surface area (Å²) in [5.41, 5.74) is 0. The first-order valence-electron chi connectivity index (χ1n) is 5.84. The monoisotopic (exact) mass is 357 g/mol. The summed E-state index contributed by atoms with van der Waals surface area (Å²) in [7, 11) is -3.84. The number of hydrogen-bond donors (Lipinski definition) is 2. The molecule has 0 aliphatic rings. The number of thioether (sulfide) groups is 1. The Kier molecular flexibility index (Phi) is 6.04. The zero-order valence-electron chi connectivity index (χ0n) is 11.4. The van der Waals surface area contributed by atoms with Crippen LogP contribution in [0.1, 0.15) is 20.8 Å². The van der Waals surface area contributed by atoms with Crippen molar-refractivity contribution in [2.45, 2.75) is 30.4 Å². The quantitative estimate of drug-likeness (QED) is 0.791. The smallest absolute Gasteiger partial charge is 0.244 e. The van der Waals surface area contributed by atoms with Crippen molar-refractivity contribution in [3.8, 4) is 5.75 Å². The summed E-state index contributed by atoms with van der Waals surface area (Å²) >= 11 is 13.1. The van der Waals surface area contributed by atoms with Crippen LogP contribution >= 0.6 is 35.0 Å². The molecule has 20 heavy (non-hydrogen) atoms. The van der Waals surface area contributed by atoms with E-state index in [-0.39, 0.29) is 26.2 Å². The molecule has 1 aromatic rings. The van der Waals surface area contributed by atoms with Gasteiger partial charge in [0.05, 0.1) is 5.02 Å². The molecule has 4 nitrogen and oxygen atoms in total. The number of nitrogens with one attached hydrogen (secondary N) is 1. The summed E-state index contributed by atoms with van der Waals surface area (Å²) in [6, 6.07) is 2.45. The third-order valence-corrected chi connectivity index (χ3v) is 5.47. The fraction of sp³-hybridized carbons (Fsp3) is 0.500. The van der Waals surface area contributed by atoms with Crippen molar-refractivity contribution in [2.24, 2.45) is 0 Å². The maximum Gasteiger partial charge on any atom is 0.244 e. The summed E-state index contributed by atoms with van der Waals surface area (Å²) in [5.74, 6) is 0.129. The molecular weight excluding hydrogens is 341 g/mol. The van der Waals surface area contributed by atoms with Crippen LogP contribution in [0.2, 0.25) is 10.0 Å². The molecule has 0 saturated heterocycles. The lowest BCUT2D eigenvalue weighted by molar-refractivity contribution is 0.458. The fourth-order valence-electron chi connectivity index (χ4n) is 1.36. The molecule has 0 aliphatic heterocycles. The van der Waals surface area contributed by atoms with Gasteiger partial charge in [-0.15, -0.1) is 0 Å². The van der Waals surface area contributed by atoms with Crippen molar-refractivity contribution in [1.82, 2.24) is 4.72 Å². The second-order valence-electron chi connectivity index (χ2n) is 5.09. The van der Waals surface area contributed by atoms with Crippen LogP contribution in [0.5, 0.6) is 5.75 Å². The predicted octanol–water partition coefficient (Wildman–Crippen LogP) is 3.51. The predicted molar refractivity (Wildman–Crippen MR) is 85.5 cm³/mol. The largest absolute Gasteiger partial charge is 0.505 e. The van der Waals surface area contributed by atoms with Crippen LogP contribution in [-0.2, 0) is 10.0 Å². The molecule has 0 aliphatic carbocycles. The first-order valence-corrected chi connectivity index (χ1v) is 9.07. The third kappa shape index (κ3) is 5.33. The van der Waals surface area contributed by atoms with E-state index in [0.29, 0.717) is 5.75 Å². The summed E-state index contributed by atoms with van der Waals surface area (Å²) in [4.78, 5) is -0.309. The molecule has 1 rings (SSSR count). The van der Waals surface area contributed by atoms with E-state index in [4.69, 9.17) is 23.2 Å². The third-order valence-electron chi connectivity index (χ3n) is 2.21. The maximum atomic E-state index is 12.1. The molecule has 0 bridgehead atoms. The molecule has 114 valence electrons. The molecular formula is C12H17Cl2NO3S2. The highest BCUT2D eigenvalue weighted by Crippen LogP contribution is 2.34. The SMILES string of the molecule is CC(C)(C)SCCNS(=O)(=O)c1cc(Cl)cc(Cl)c1O. The Morgan fingerprint density at radius 3 is 2.45 bits per heavy atom. The minimum absolute atomic E-state index is 0.0624. The van der Waals surface area contributed by atoms with Gasteiger partial charge in [0.2, 0.25) is 10.0 Å². The Labute approximate surface area is 133 Å². The van der Waals surface area contributed by atoms with Gasteiger partial charge in [-0.05, 0) is 12.1 Å². The molecule has 0 atom stereocenters. The highest BCUT2D eigenvalue weighted by atomic mass is 35.5. The lowest BCUT2D eigenvalue weighted by Gasteiger charge is -2.17. The highest BCUT2D eigenvalue weighted by molar-refractivity contribution is 8.00. The van der Waals surface area contributed by atoms with Crippen LogP contribution in [0.15, 0.2) is 17.0 Å². The number of phenolic OH excluding ortho intramolecular Hbond substituents is 1. The standard InChI is InChI=1S/C12H17Cl2NO3S2/c1-12(2,3)19-5-4-15-20(17,18)10-7-8(13)6-9(14)11(10)16/h6-7,15-16H,4-5H2,1-3H3. The van der Waals surface area contributed by atoms with E-state index in [9.17, 15) is 13.5 Å². The topological polar surface area (TPSA) is 66.4 Å². The van der Waals surface area contributed by atoms with E-state index in [1.807, 2.05) is 0 Å². The van der Waals surface area contributed by atoms with Gasteiger partial charge >= 0.3 is 0 Å². The Balaban J connectivity index is 2.80. The van der Waals surface area contributed by atoms with E-state index in [1.165, 1.54) is 12.1 Å². The van der Waals surface area contributed by atoms with Crippen LogP contribution in [0, 0.1) is 0 Å². The van der Waals surface area contributed by atoms with Crippen LogP contribution in [0.4, 0.5) is 0 Å². The van der Waals surface area contributed by atoms with Crippen LogP contribution < -0.4 is 4.72 Å². The van der Waals surface area contributed by atoms with Gasteiger partial charge < -0.3 is 5.11 Å². The zero-order valence-corrected chi connectivity index (χ0v) is 14.5. The van der Waals surface area contributed by atoms with Crippen LogP contribution in [0.25, 0.3) is 0 Å². The normalized spacial score (nSPS) is 12.7. The van der Waals surface area contributed by atoms with Gasteiger partial charge in [0, 0.05) is 22.1 Å². The van der Waals surface area contributed by atoms with Gasteiger partial charge in [-0.3, -0.25) is 0 Å². The average Bonchev–Trinajstić information content (AvgIpc) is 2.28. The number of hydrogen-bond acceptors (Lipinski definition) is 4. The molecule has 2 N–H and O–H groups in total. The molecule has 0 heterocycles. The van der Waals surface area contributed by atoms with Crippen molar-refractivity contribution >= 4 is 45.0 Å². The van der Waals surface area contributed by atoms with Crippen LogP contribution in [-0.4, -0.2) is 30.6 Å². The summed E-state index contributed by atoms with van der Waals surface area (Å²) in [6.07, 6.45) is 0. The Hall–Kier alpha value is -0.140. The lowest BCUT2D eigenvalue weighted by atomic mass is 10.3. The van der Waals surface area contributed by atoms with Crippen molar-refractivity contribution in [3.05, 3.63) is 22.2 Å². The first kappa shape index (κ1) is 17.9. The maximum absolute atomic E-state index is 12.1. The second-order valence-corrected chi connectivity index (χ2v) is 9.59. The van der Waals surface area contributed by atoms with Gasteiger partial charge in [-0.2, -0.15) is 11.8 Å². The van der Waals surface area contributed by atoms with E-state index in [2.05, 4.69) is 25.5 Å². The summed E-state index contributed by atoms with van der Waals surface area (Å²) < 4.78 is 26.6. The van der Waals surface area contributed by atoms with Gasteiger partial charge in [0.15, 0.2) is 5.75 Å². The molecule has 0 saturated carbocycles. The molecule has 0 aromatic heterocycles. The Morgan fingerprint density at radius 2 is 1.90 bits per heavy atom. The number of rotatable bonds is 5. The van der Waals surface area contributed by atoms with E-state index < -0.39 is 15.8 Å². The lowest BCUT2D eigenvalue weighted by Crippen LogP contribution is -2.27. The Morgan fingerprint density at radius 1 is 1.30 bits per heavy atom. The summed E-state index contributed by atoms with van der Waals surface area (Å²) in [6.45, 7) is 6.41. The molecule has 1 aromatic carbocycles. The van der Waals surface area contributed by atoms with E-state index in [1.54, 1.807) is 11.8 Å². The van der Waals surface area contributed by atoms with E-state index >= 15 is 0 Å². The number of phenols is 1. The van der Waals surface area contributed by atoms with Crippen molar-refractivity contribution in [1.29, 1.82) is 0 Å². The molecule has 0 fully saturated rings. The minimum atomic E-state index is -3.84. The fourth-order valence-corrected chi connectivity index (χ4v) is 4.09. The second kappa shape index (κ2) is 6.75. The van der Waals surface area contributed by atoms with Crippen LogP contribution in [0.3, 0.4) is 0 Å². The van der Waals surface area contributed by atoms with Crippen molar-refractivity contribution in [3.63, 3.8) is 0 Å². The van der Waals surface area contributed by atoms with Gasteiger partial charge in [-0.1, -0.05) is 44.0 Å². The summed E-state index contributed by atoms with van der Waals surface area (Å²) in [5, 5.41) is 9.78. The molecule has 8 heteroatoms. The molecule has 0 amide bonds. The average molecular weight is 358 g/mol. The minimum Gasteiger partial charge on any atom is -0.505 e.